The molecule has 0 radical (unpaired) electrons. The number of esters is 1. The maximum absolute atomic E-state index is 12.2. The highest BCUT2D eigenvalue weighted by Crippen LogP contribution is 2.50. The van der Waals surface area contributed by atoms with Crippen LogP contribution in [0.2, 0.25) is 0 Å². The molecule has 2 aliphatic rings. The van der Waals surface area contributed by atoms with Crippen LogP contribution in [0.15, 0.2) is 6.07 Å². The second kappa shape index (κ2) is 6.10. The van der Waals surface area contributed by atoms with Crippen molar-refractivity contribution in [1.29, 1.82) is 0 Å². The molecule has 0 bridgehead atoms. The first-order valence-electron chi connectivity index (χ1n) is 7.25. The third-order valence-corrected chi connectivity index (χ3v) is 4.30. The van der Waals surface area contributed by atoms with Crippen molar-refractivity contribution in [2.45, 2.75) is 30.5 Å². The molecule has 1 saturated heterocycles. The molecule has 2 aliphatic heterocycles. The van der Waals surface area contributed by atoms with E-state index < -0.39 is 48.8 Å². The molecule has 24 heavy (non-hydrogen) atoms. The quantitative estimate of drug-likeness (QED) is 0.515. The molecule has 0 spiro atoms. The summed E-state index contributed by atoms with van der Waals surface area (Å²) in [7, 11) is 2.67. The van der Waals surface area contributed by atoms with Gasteiger partial charge in [0, 0.05) is 5.56 Å². The second-order valence-electron chi connectivity index (χ2n) is 5.55. The first-order valence-corrected chi connectivity index (χ1v) is 7.25. The van der Waals surface area contributed by atoms with E-state index in [-0.39, 0.29) is 22.6 Å². The van der Waals surface area contributed by atoms with Crippen LogP contribution in [0.5, 0.6) is 17.2 Å². The summed E-state index contributed by atoms with van der Waals surface area (Å²) in [5, 5.41) is 39.9. The number of fused-ring (bicyclic) bond motifs is 3. The lowest BCUT2D eigenvalue weighted by Crippen LogP contribution is -2.58. The van der Waals surface area contributed by atoms with Gasteiger partial charge in [-0.1, -0.05) is 0 Å². The number of aromatic hydroxyl groups is 1. The van der Waals surface area contributed by atoms with Gasteiger partial charge in [-0.05, 0) is 6.07 Å². The Morgan fingerprint density at radius 1 is 1.21 bits per heavy atom. The van der Waals surface area contributed by atoms with E-state index in [1.54, 1.807) is 0 Å². The highest BCUT2D eigenvalue weighted by molar-refractivity contribution is 5.95. The number of hydrogen-bond acceptors (Lipinski definition) is 9. The third-order valence-electron chi connectivity index (χ3n) is 4.30. The predicted octanol–water partition coefficient (Wildman–Crippen LogP) is -0.898. The lowest BCUT2D eigenvalue weighted by molar-refractivity contribution is -0.235. The zero-order valence-electron chi connectivity index (χ0n) is 13.0. The molecule has 0 aliphatic carbocycles. The number of ether oxygens (including phenoxy) is 4. The van der Waals surface area contributed by atoms with E-state index in [0.717, 1.165) is 0 Å². The van der Waals surface area contributed by atoms with Gasteiger partial charge in [0.05, 0.1) is 26.4 Å². The van der Waals surface area contributed by atoms with Gasteiger partial charge in [-0.25, -0.2) is 4.79 Å². The molecule has 5 atom stereocenters. The molecule has 1 fully saturated rings. The van der Waals surface area contributed by atoms with E-state index in [2.05, 4.69) is 0 Å². The maximum Gasteiger partial charge on any atom is 0.339 e. The van der Waals surface area contributed by atoms with Crippen molar-refractivity contribution < 1.29 is 44.2 Å². The summed E-state index contributed by atoms with van der Waals surface area (Å²) in [6, 6.07) is 1.33. The van der Waals surface area contributed by atoms with Gasteiger partial charge in [-0.2, -0.15) is 0 Å². The minimum absolute atomic E-state index is 0.00513. The number of carbonyl (C=O) groups excluding carboxylic acids is 1. The average Bonchev–Trinajstić information content (AvgIpc) is 2.58. The van der Waals surface area contributed by atoms with Crippen LogP contribution >= 0.6 is 0 Å². The van der Waals surface area contributed by atoms with Gasteiger partial charge in [0.25, 0.3) is 0 Å². The Labute approximate surface area is 136 Å². The highest BCUT2D eigenvalue weighted by Gasteiger charge is 2.52. The minimum Gasteiger partial charge on any atom is -0.504 e. The number of aliphatic hydroxyl groups excluding tert-OH is 3. The Morgan fingerprint density at radius 3 is 2.50 bits per heavy atom. The molecule has 0 aromatic heterocycles. The molecular weight excluding hydrogens is 324 g/mol. The van der Waals surface area contributed by atoms with Gasteiger partial charge in [-0.15, -0.1) is 0 Å². The molecule has 9 nitrogen and oxygen atoms in total. The van der Waals surface area contributed by atoms with E-state index in [1.807, 2.05) is 0 Å². The van der Waals surface area contributed by atoms with E-state index in [4.69, 9.17) is 18.9 Å². The number of benzene rings is 1. The molecule has 1 aromatic rings. The zero-order valence-corrected chi connectivity index (χ0v) is 13.0. The zero-order chi connectivity index (χ0) is 17.6. The summed E-state index contributed by atoms with van der Waals surface area (Å²) in [6.07, 6.45) is -6.32. The number of phenolic OH excluding ortho intramolecular Hbond substituents is 1. The topological polar surface area (TPSA) is 135 Å². The standard InChI is InChI=1S/C15H18O9/c1-21-6-3-5-8(10(18)12(6)22-2)13-14(24-15(5)20)11(19)9(17)7(4-16)23-13/h3,7,9,11,13-14,16-19H,4H2,1-2H3. The van der Waals surface area contributed by atoms with Crippen LogP contribution in [0.25, 0.3) is 0 Å². The van der Waals surface area contributed by atoms with Crippen molar-refractivity contribution >= 4 is 5.97 Å². The first-order chi connectivity index (χ1) is 11.4. The van der Waals surface area contributed by atoms with Crippen LogP contribution in [0.4, 0.5) is 0 Å². The van der Waals surface area contributed by atoms with Gasteiger partial charge in [-0.3, -0.25) is 0 Å². The van der Waals surface area contributed by atoms with Gasteiger partial charge < -0.3 is 39.4 Å². The highest BCUT2D eigenvalue weighted by atomic mass is 16.6. The monoisotopic (exact) mass is 342 g/mol. The lowest BCUT2D eigenvalue weighted by atomic mass is 9.86. The van der Waals surface area contributed by atoms with Crippen molar-refractivity contribution in [3.05, 3.63) is 17.2 Å². The van der Waals surface area contributed by atoms with Crippen molar-refractivity contribution in [1.82, 2.24) is 0 Å². The van der Waals surface area contributed by atoms with Crippen LogP contribution in [-0.4, -0.2) is 71.6 Å². The van der Waals surface area contributed by atoms with Crippen LogP contribution < -0.4 is 9.47 Å². The second-order valence-corrected chi connectivity index (χ2v) is 5.55. The molecule has 2 heterocycles. The SMILES string of the molecule is COc1cc2c(c(O)c1OC)C1OC(CO)C(O)C(O)C1OC2=O. The summed E-state index contributed by atoms with van der Waals surface area (Å²) in [4.78, 5) is 12.2. The Hall–Kier alpha value is -2.07. The molecule has 4 N–H and O–H groups in total. The van der Waals surface area contributed by atoms with E-state index in [1.165, 1.54) is 20.3 Å². The third kappa shape index (κ3) is 2.28. The average molecular weight is 342 g/mol. The van der Waals surface area contributed by atoms with Crippen LogP contribution in [0.3, 0.4) is 0 Å². The Bertz CT molecular complexity index is 659. The van der Waals surface area contributed by atoms with Crippen LogP contribution in [-0.2, 0) is 9.47 Å². The fourth-order valence-corrected chi connectivity index (χ4v) is 3.09. The van der Waals surface area contributed by atoms with Crippen molar-refractivity contribution in [3.63, 3.8) is 0 Å². The fraction of sp³-hybridized carbons (Fsp3) is 0.533. The van der Waals surface area contributed by atoms with Crippen molar-refractivity contribution in [2.75, 3.05) is 20.8 Å². The predicted molar refractivity (Wildman–Crippen MR) is 77.1 cm³/mol. The number of aliphatic hydroxyl groups is 3. The van der Waals surface area contributed by atoms with Gasteiger partial charge >= 0.3 is 5.97 Å². The van der Waals surface area contributed by atoms with Crippen molar-refractivity contribution in [3.8, 4) is 17.2 Å². The molecule has 5 unspecified atom stereocenters. The minimum atomic E-state index is -1.48. The number of phenols is 1. The molecule has 0 saturated carbocycles. The van der Waals surface area contributed by atoms with Gasteiger partial charge in [0.15, 0.2) is 17.6 Å². The van der Waals surface area contributed by atoms with Crippen molar-refractivity contribution in [2.24, 2.45) is 0 Å². The Balaban J connectivity index is 2.16. The number of methoxy groups -OCH3 is 2. The molecular formula is C15H18O9. The van der Waals surface area contributed by atoms with Crippen LogP contribution in [0, 0.1) is 0 Å². The maximum atomic E-state index is 12.2. The smallest absolute Gasteiger partial charge is 0.339 e. The van der Waals surface area contributed by atoms with Gasteiger partial charge in [0.2, 0.25) is 5.75 Å². The largest absolute Gasteiger partial charge is 0.504 e. The summed E-state index contributed by atoms with van der Waals surface area (Å²) in [6.45, 7) is -0.557. The molecule has 1 aromatic carbocycles. The van der Waals surface area contributed by atoms with E-state index in [0.29, 0.717) is 0 Å². The molecule has 132 valence electrons. The Kier molecular flexibility index (Phi) is 4.26. The normalized spacial score (nSPS) is 31.7. The summed E-state index contributed by atoms with van der Waals surface area (Å²) in [5.74, 6) is -1.08. The Morgan fingerprint density at radius 2 is 1.92 bits per heavy atom. The first kappa shape index (κ1) is 16.8. The number of hydrogen-bond donors (Lipinski definition) is 4. The molecule has 9 heteroatoms. The summed E-state index contributed by atoms with van der Waals surface area (Å²) < 4.78 is 20.9. The number of carbonyl (C=O) groups is 1. The summed E-state index contributed by atoms with van der Waals surface area (Å²) in [5.41, 5.74) is 0.0463. The molecule has 3 rings (SSSR count). The van der Waals surface area contributed by atoms with E-state index in [9.17, 15) is 25.2 Å². The summed E-state index contributed by atoms with van der Waals surface area (Å²) >= 11 is 0. The van der Waals surface area contributed by atoms with Gasteiger partial charge in [0.1, 0.15) is 24.4 Å². The fourth-order valence-electron chi connectivity index (χ4n) is 3.09. The molecule has 0 amide bonds. The lowest BCUT2D eigenvalue weighted by Gasteiger charge is -2.44. The van der Waals surface area contributed by atoms with Crippen LogP contribution in [0.1, 0.15) is 22.0 Å². The van der Waals surface area contributed by atoms with E-state index >= 15 is 0 Å². The number of rotatable bonds is 3.